The van der Waals surface area contributed by atoms with Crippen LogP contribution in [0.15, 0.2) is 18.2 Å². The highest BCUT2D eigenvalue weighted by Crippen LogP contribution is 2.36. The Labute approximate surface area is 120 Å². The van der Waals surface area contributed by atoms with Crippen LogP contribution in [0.1, 0.15) is 38.7 Å². The summed E-state index contributed by atoms with van der Waals surface area (Å²) in [5, 5.41) is 0.827. The maximum atomic E-state index is 6.37. The number of hydrogen-bond donors (Lipinski definition) is 0. The first kappa shape index (κ1) is 14.0. The molecule has 18 heavy (non-hydrogen) atoms. The quantitative estimate of drug-likeness (QED) is 0.684. The van der Waals surface area contributed by atoms with Gasteiger partial charge in [-0.3, -0.25) is 0 Å². The number of anilines is 1. The van der Waals surface area contributed by atoms with E-state index in [1.54, 1.807) is 0 Å². The molecule has 1 nitrogen and oxygen atoms in total. The Morgan fingerprint density at radius 1 is 1.22 bits per heavy atom. The molecule has 1 aliphatic rings. The molecule has 0 radical (unpaired) electrons. The van der Waals surface area contributed by atoms with Gasteiger partial charge in [-0.1, -0.05) is 37.6 Å². The second-order valence-corrected chi connectivity index (χ2v) is 6.56. The van der Waals surface area contributed by atoms with Crippen LogP contribution in [0.5, 0.6) is 0 Å². The number of benzene rings is 1. The molecule has 1 heterocycles. The van der Waals surface area contributed by atoms with Gasteiger partial charge in [0.25, 0.3) is 0 Å². The van der Waals surface area contributed by atoms with Gasteiger partial charge in [-0.05, 0) is 36.3 Å². The molecule has 3 heteroatoms. The summed E-state index contributed by atoms with van der Waals surface area (Å²) in [4.78, 5) is 2.41. The fourth-order valence-corrected chi connectivity index (χ4v) is 3.20. The summed E-state index contributed by atoms with van der Waals surface area (Å²) >= 11 is 12.4. The third-order valence-corrected chi connectivity index (χ3v) is 4.46. The molecule has 0 aliphatic carbocycles. The minimum atomic E-state index is 0.442. The lowest BCUT2D eigenvalue weighted by Gasteiger charge is -2.27. The lowest BCUT2D eigenvalue weighted by Crippen LogP contribution is -2.26. The van der Waals surface area contributed by atoms with E-state index in [0.29, 0.717) is 11.3 Å². The average molecular weight is 286 g/mol. The largest absolute Gasteiger partial charge is 0.370 e. The van der Waals surface area contributed by atoms with Gasteiger partial charge in [0, 0.05) is 19.0 Å². The number of rotatable bonds is 2. The first-order valence-corrected chi connectivity index (χ1v) is 7.53. The highest BCUT2D eigenvalue weighted by Gasteiger charge is 2.24. The van der Waals surface area contributed by atoms with Crippen molar-refractivity contribution >= 4 is 28.9 Å². The summed E-state index contributed by atoms with van der Waals surface area (Å²) in [5.74, 6) is 0.524. The smallest absolute Gasteiger partial charge is 0.0642 e. The van der Waals surface area contributed by atoms with E-state index in [1.165, 1.54) is 19.3 Å². The maximum absolute atomic E-state index is 6.37. The zero-order valence-electron chi connectivity index (χ0n) is 11.2. The molecule has 0 amide bonds. The van der Waals surface area contributed by atoms with E-state index in [9.17, 15) is 0 Å². The molecular formula is C15H21Cl2N. The second kappa shape index (κ2) is 5.71. The number of nitrogens with zero attached hydrogens (tertiary/aromatic N) is 1. The molecule has 0 atom stereocenters. The molecule has 1 saturated heterocycles. The fourth-order valence-electron chi connectivity index (χ4n) is 2.67. The average Bonchev–Trinajstić information content (AvgIpc) is 2.50. The third-order valence-electron chi connectivity index (χ3n) is 3.87. The van der Waals surface area contributed by atoms with Crippen molar-refractivity contribution in [1.29, 1.82) is 0 Å². The predicted octanol–water partition coefficient (Wildman–Crippen LogP) is 5.10. The van der Waals surface area contributed by atoms with Gasteiger partial charge in [0.2, 0.25) is 0 Å². The molecule has 1 aromatic carbocycles. The van der Waals surface area contributed by atoms with E-state index >= 15 is 0 Å². The minimum absolute atomic E-state index is 0.442. The Kier molecular flexibility index (Phi) is 4.45. The molecular weight excluding hydrogens is 265 g/mol. The van der Waals surface area contributed by atoms with E-state index < -0.39 is 0 Å². The predicted molar refractivity (Wildman–Crippen MR) is 80.9 cm³/mol. The number of para-hydroxylation sites is 1. The van der Waals surface area contributed by atoms with Crippen LogP contribution >= 0.6 is 23.2 Å². The SMILES string of the molecule is CC1(C)CCCN(c2c(Cl)cccc2CCl)CC1. The number of hydrogen-bond acceptors (Lipinski definition) is 1. The van der Waals surface area contributed by atoms with E-state index in [-0.39, 0.29) is 0 Å². The van der Waals surface area contributed by atoms with E-state index in [0.717, 1.165) is 29.4 Å². The van der Waals surface area contributed by atoms with Crippen molar-refractivity contribution in [2.75, 3.05) is 18.0 Å². The monoisotopic (exact) mass is 285 g/mol. The summed E-state index contributed by atoms with van der Waals surface area (Å²) in [6.07, 6.45) is 3.71. The van der Waals surface area contributed by atoms with E-state index in [2.05, 4.69) is 24.8 Å². The van der Waals surface area contributed by atoms with Crippen LogP contribution < -0.4 is 4.90 Å². The van der Waals surface area contributed by atoms with Gasteiger partial charge < -0.3 is 4.90 Å². The van der Waals surface area contributed by atoms with Gasteiger partial charge in [0.15, 0.2) is 0 Å². The molecule has 0 spiro atoms. The summed E-state index contributed by atoms with van der Waals surface area (Å²) in [6, 6.07) is 6.01. The lowest BCUT2D eigenvalue weighted by molar-refractivity contribution is 0.325. The Morgan fingerprint density at radius 3 is 2.72 bits per heavy atom. The number of alkyl halides is 1. The summed E-state index contributed by atoms with van der Waals surface area (Å²) < 4.78 is 0. The topological polar surface area (TPSA) is 3.24 Å². The van der Waals surface area contributed by atoms with Crippen molar-refractivity contribution in [2.24, 2.45) is 5.41 Å². The van der Waals surface area contributed by atoms with Crippen molar-refractivity contribution < 1.29 is 0 Å². The standard InChI is InChI=1S/C15H21Cl2N/c1-15(2)7-4-9-18(10-8-15)14-12(11-16)5-3-6-13(14)17/h3,5-6H,4,7-11H2,1-2H3. The van der Waals surface area contributed by atoms with Crippen molar-refractivity contribution in [3.05, 3.63) is 28.8 Å². The summed E-state index contributed by atoms with van der Waals surface area (Å²) in [5.41, 5.74) is 2.73. The highest BCUT2D eigenvalue weighted by molar-refractivity contribution is 6.33. The normalized spacial score (nSPS) is 19.7. The minimum Gasteiger partial charge on any atom is -0.370 e. The summed E-state index contributed by atoms with van der Waals surface area (Å²) in [7, 11) is 0. The van der Waals surface area contributed by atoms with Gasteiger partial charge in [-0.25, -0.2) is 0 Å². The van der Waals surface area contributed by atoms with Crippen molar-refractivity contribution in [3.8, 4) is 0 Å². The Hall–Kier alpha value is -0.400. The van der Waals surface area contributed by atoms with Crippen LogP contribution in [0.25, 0.3) is 0 Å². The van der Waals surface area contributed by atoms with Crippen LogP contribution in [0, 0.1) is 5.41 Å². The molecule has 0 bridgehead atoms. The highest BCUT2D eigenvalue weighted by atomic mass is 35.5. The molecule has 1 aromatic rings. The van der Waals surface area contributed by atoms with E-state index in [1.807, 2.05) is 12.1 Å². The molecule has 0 N–H and O–H groups in total. The first-order valence-electron chi connectivity index (χ1n) is 6.62. The molecule has 0 aromatic heterocycles. The van der Waals surface area contributed by atoms with Gasteiger partial charge >= 0.3 is 0 Å². The van der Waals surface area contributed by atoms with Gasteiger partial charge in [0.05, 0.1) is 10.7 Å². The Bertz CT molecular complexity index is 415. The molecule has 2 rings (SSSR count). The van der Waals surface area contributed by atoms with Crippen LogP contribution in [0.3, 0.4) is 0 Å². The van der Waals surface area contributed by atoms with Crippen LogP contribution in [-0.4, -0.2) is 13.1 Å². The third kappa shape index (κ3) is 3.13. The molecule has 1 fully saturated rings. The second-order valence-electron chi connectivity index (χ2n) is 5.89. The Morgan fingerprint density at radius 2 is 2.00 bits per heavy atom. The maximum Gasteiger partial charge on any atom is 0.0642 e. The van der Waals surface area contributed by atoms with E-state index in [4.69, 9.17) is 23.2 Å². The van der Waals surface area contributed by atoms with Crippen LogP contribution in [-0.2, 0) is 5.88 Å². The van der Waals surface area contributed by atoms with Gasteiger partial charge in [-0.2, -0.15) is 0 Å². The summed E-state index contributed by atoms with van der Waals surface area (Å²) in [6.45, 7) is 6.86. The van der Waals surface area contributed by atoms with Gasteiger partial charge in [-0.15, -0.1) is 11.6 Å². The van der Waals surface area contributed by atoms with Gasteiger partial charge in [0.1, 0.15) is 0 Å². The van der Waals surface area contributed by atoms with Crippen LogP contribution in [0.4, 0.5) is 5.69 Å². The lowest BCUT2D eigenvalue weighted by atomic mass is 9.85. The van der Waals surface area contributed by atoms with Crippen molar-refractivity contribution in [2.45, 2.75) is 39.0 Å². The van der Waals surface area contributed by atoms with Crippen molar-refractivity contribution in [3.63, 3.8) is 0 Å². The van der Waals surface area contributed by atoms with Crippen molar-refractivity contribution in [1.82, 2.24) is 0 Å². The molecule has 100 valence electrons. The number of halogens is 2. The Balaban J connectivity index is 2.26. The zero-order valence-corrected chi connectivity index (χ0v) is 12.7. The van der Waals surface area contributed by atoms with Crippen LogP contribution in [0.2, 0.25) is 5.02 Å². The first-order chi connectivity index (χ1) is 8.53. The fraction of sp³-hybridized carbons (Fsp3) is 0.600. The zero-order chi connectivity index (χ0) is 13.2. The molecule has 1 aliphatic heterocycles. The molecule has 0 saturated carbocycles. The molecule has 0 unspecified atom stereocenters.